The van der Waals surface area contributed by atoms with Crippen molar-refractivity contribution in [3.05, 3.63) is 48.8 Å². The van der Waals surface area contributed by atoms with Gasteiger partial charge in [-0.3, -0.25) is 0 Å². The molecule has 1 heterocycles. The van der Waals surface area contributed by atoms with Gasteiger partial charge >= 0.3 is 0 Å². The Morgan fingerprint density at radius 2 is 2.22 bits per heavy atom. The predicted octanol–water partition coefficient (Wildman–Crippen LogP) is 4.48. The number of halogens is 2. The van der Waals surface area contributed by atoms with E-state index < -0.39 is 0 Å². The van der Waals surface area contributed by atoms with E-state index in [-0.39, 0.29) is 6.04 Å². The lowest BCUT2D eigenvalue weighted by molar-refractivity contribution is 0.844. The molecular formula is C13H14BrClN2S. The summed E-state index contributed by atoms with van der Waals surface area (Å²) in [7, 11) is 0. The van der Waals surface area contributed by atoms with Gasteiger partial charge in [0, 0.05) is 14.4 Å². The summed E-state index contributed by atoms with van der Waals surface area (Å²) in [5.74, 6) is 0. The van der Waals surface area contributed by atoms with E-state index in [0.29, 0.717) is 5.02 Å². The molecule has 5 heteroatoms. The second-order valence-corrected chi connectivity index (χ2v) is 6.61. The molecule has 0 radical (unpaired) electrons. The van der Waals surface area contributed by atoms with Crippen molar-refractivity contribution in [3.8, 4) is 0 Å². The molecule has 96 valence electrons. The van der Waals surface area contributed by atoms with Crippen LogP contribution >= 0.6 is 38.9 Å². The third-order valence-corrected chi connectivity index (χ3v) is 4.74. The molecule has 1 atom stereocenters. The van der Waals surface area contributed by atoms with Crippen molar-refractivity contribution in [2.45, 2.75) is 26.3 Å². The molecule has 0 aliphatic heterocycles. The summed E-state index contributed by atoms with van der Waals surface area (Å²) in [6.45, 7) is 4.18. The monoisotopic (exact) mass is 344 g/mol. The van der Waals surface area contributed by atoms with Crippen molar-refractivity contribution < 1.29 is 0 Å². The van der Waals surface area contributed by atoms with Gasteiger partial charge in [0.1, 0.15) is 5.01 Å². The summed E-state index contributed by atoms with van der Waals surface area (Å²) in [6.07, 6.45) is 0.932. The van der Waals surface area contributed by atoms with Crippen LogP contribution in [0.25, 0.3) is 0 Å². The zero-order valence-electron chi connectivity index (χ0n) is 10.2. The lowest BCUT2D eigenvalue weighted by Gasteiger charge is -2.11. The number of benzene rings is 1. The molecule has 18 heavy (non-hydrogen) atoms. The summed E-state index contributed by atoms with van der Waals surface area (Å²) in [6, 6.07) is 5.44. The molecule has 2 rings (SSSR count). The minimum Gasteiger partial charge on any atom is -0.318 e. The zero-order valence-corrected chi connectivity index (χ0v) is 13.4. The summed E-state index contributed by atoms with van der Waals surface area (Å²) >= 11 is 11.3. The second-order valence-electron chi connectivity index (χ2n) is 4.05. The maximum atomic E-state index is 6.27. The van der Waals surface area contributed by atoms with Crippen LogP contribution in [0.1, 0.15) is 34.1 Å². The van der Waals surface area contributed by atoms with Crippen LogP contribution in [0.2, 0.25) is 5.02 Å². The predicted molar refractivity (Wildman–Crippen MR) is 81.4 cm³/mol. The molecule has 0 amide bonds. The van der Waals surface area contributed by atoms with Crippen LogP contribution in [0.15, 0.2) is 22.7 Å². The second kappa shape index (κ2) is 5.70. The van der Waals surface area contributed by atoms with Crippen molar-refractivity contribution >= 4 is 38.9 Å². The lowest BCUT2D eigenvalue weighted by atomic mass is 10.1. The first kappa shape index (κ1) is 14.0. The van der Waals surface area contributed by atoms with Gasteiger partial charge in [-0.15, -0.1) is 11.3 Å². The smallest absolute Gasteiger partial charge is 0.114 e. The molecule has 0 aliphatic carbocycles. The highest BCUT2D eigenvalue weighted by molar-refractivity contribution is 9.10. The first-order chi connectivity index (χ1) is 8.52. The Kier molecular flexibility index (Phi) is 4.43. The molecule has 0 bridgehead atoms. The van der Waals surface area contributed by atoms with E-state index in [0.717, 1.165) is 27.2 Å². The van der Waals surface area contributed by atoms with E-state index in [4.69, 9.17) is 17.3 Å². The molecule has 1 aromatic heterocycles. The van der Waals surface area contributed by atoms with E-state index in [1.165, 1.54) is 4.88 Å². The van der Waals surface area contributed by atoms with Crippen molar-refractivity contribution in [2.75, 3.05) is 0 Å². The van der Waals surface area contributed by atoms with Crippen molar-refractivity contribution in [3.63, 3.8) is 0 Å². The Balaban J connectivity index is 2.40. The fraction of sp³-hybridized carbons (Fsp3) is 0.308. The Hall–Kier alpha value is -0.420. The number of aryl methyl sites for hydroxylation is 2. The van der Waals surface area contributed by atoms with E-state index >= 15 is 0 Å². The number of nitrogens with two attached hydrogens (primary N) is 1. The summed E-state index contributed by atoms with van der Waals surface area (Å²) in [4.78, 5) is 5.83. The van der Waals surface area contributed by atoms with Gasteiger partial charge in [0.2, 0.25) is 0 Å². The Morgan fingerprint density at radius 3 is 2.83 bits per heavy atom. The van der Waals surface area contributed by atoms with Crippen LogP contribution in [0.4, 0.5) is 0 Å². The highest BCUT2D eigenvalue weighted by Crippen LogP contribution is 2.32. The molecule has 0 aliphatic rings. The SMILES string of the molecule is CCc1nc(C(N)c2cc(Br)ccc2Cl)sc1C. The topological polar surface area (TPSA) is 38.9 Å². The number of thiazole rings is 1. The highest BCUT2D eigenvalue weighted by Gasteiger charge is 2.18. The van der Waals surface area contributed by atoms with Crippen LogP contribution < -0.4 is 5.73 Å². The summed E-state index contributed by atoms with van der Waals surface area (Å²) < 4.78 is 0.973. The average molecular weight is 346 g/mol. The number of hydrogen-bond acceptors (Lipinski definition) is 3. The molecular weight excluding hydrogens is 332 g/mol. The fourth-order valence-corrected chi connectivity index (χ4v) is 3.44. The molecule has 1 aromatic carbocycles. The van der Waals surface area contributed by atoms with Crippen molar-refractivity contribution in [1.29, 1.82) is 0 Å². The fourth-order valence-electron chi connectivity index (χ4n) is 1.80. The number of hydrogen-bond donors (Lipinski definition) is 1. The van der Waals surface area contributed by atoms with Gasteiger partial charge in [0.15, 0.2) is 0 Å². The molecule has 2 aromatic rings. The van der Waals surface area contributed by atoms with E-state index in [1.54, 1.807) is 11.3 Å². The maximum absolute atomic E-state index is 6.27. The molecule has 2 nitrogen and oxygen atoms in total. The third kappa shape index (κ3) is 2.77. The van der Waals surface area contributed by atoms with Crippen LogP contribution in [0.3, 0.4) is 0 Å². The number of nitrogens with zero attached hydrogens (tertiary/aromatic N) is 1. The number of aromatic nitrogens is 1. The Bertz CT molecular complexity index is 568. The van der Waals surface area contributed by atoms with Crippen LogP contribution in [0.5, 0.6) is 0 Å². The summed E-state index contributed by atoms with van der Waals surface area (Å²) in [5.41, 5.74) is 8.29. The van der Waals surface area contributed by atoms with Gasteiger partial charge in [0.05, 0.1) is 11.7 Å². The van der Waals surface area contributed by atoms with Crippen molar-refractivity contribution in [1.82, 2.24) is 4.98 Å². The molecule has 0 saturated carbocycles. The molecule has 0 saturated heterocycles. The normalized spacial score (nSPS) is 12.7. The summed E-state index contributed by atoms with van der Waals surface area (Å²) in [5, 5.41) is 1.60. The molecule has 2 N–H and O–H groups in total. The molecule has 1 unspecified atom stereocenters. The van der Waals surface area contributed by atoms with Gasteiger partial charge in [-0.05, 0) is 37.1 Å². The van der Waals surface area contributed by atoms with Gasteiger partial charge in [-0.1, -0.05) is 34.5 Å². The maximum Gasteiger partial charge on any atom is 0.114 e. The molecule has 0 fully saturated rings. The van der Waals surface area contributed by atoms with Crippen LogP contribution in [-0.2, 0) is 6.42 Å². The first-order valence-corrected chi connectivity index (χ1v) is 7.68. The van der Waals surface area contributed by atoms with E-state index in [1.807, 2.05) is 18.2 Å². The van der Waals surface area contributed by atoms with E-state index in [9.17, 15) is 0 Å². The van der Waals surface area contributed by atoms with Gasteiger partial charge in [-0.25, -0.2) is 4.98 Å². The quantitative estimate of drug-likeness (QED) is 0.891. The van der Waals surface area contributed by atoms with Crippen LogP contribution in [0, 0.1) is 6.92 Å². The minimum atomic E-state index is -0.265. The largest absolute Gasteiger partial charge is 0.318 e. The highest BCUT2D eigenvalue weighted by atomic mass is 79.9. The Morgan fingerprint density at radius 1 is 1.50 bits per heavy atom. The van der Waals surface area contributed by atoms with Gasteiger partial charge < -0.3 is 5.73 Å². The lowest BCUT2D eigenvalue weighted by Crippen LogP contribution is -2.12. The van der Waals surface area contributed by atoms with E-state index in [2.05, 4.69) is 34.8 Å². The van der Waals surface area contributed by atoms with Crippen LogP contribution in [-0.4, -0.2) is 4.98 Å². The zero-order chi connectivity index (χ0) is 13.3. The van der Waals surface area contributed by atoms with Gasteiger partial charge in [0.25, 0.3) is 0 Å². The number of rotatable bonds is 3. The van der Waals surface area contributed by atoms with Gasteiger partial charge in [-0.2, -0.15) is 0 Å². The standard InChI is InChI=1S/C13H14BrClN2S/c1-3-11-7(2)18-13(17-11)12(16)9-6-8(14)4-5-10(9)15/h4-6,12H,3,16H2,1-2H3. The van der Waals surface area contributed by atoms with Crippen molar-refractivity contribution in [2.24, 2.45) is 5.73 Å². The third-order valence-electron chi connectivity index (χ3n) is 2.80. The Labute approximate surface area is 124 Å². The average Bonchev–Trinajstić information content (AvgIpc) is 2.73. The minimum absolute atomic E-state index is 0.265. The first-order valence-electron chi connectivity index (χ1n) is 5.69. The molecule has 0 spiro atoms.